The van der Waals surface area contributed by atoms with Crippen molar-refractivity contribution in [2.75, 3.05) is 6.54 Å². The number of hydrogen-bond donors (Lipinski definition) is 2. The molecule has 0 radical (unpaired) electrons. The first-order chi connectivity index (χ1) is 7.70. The van der Waals surface area contributed by atoms with Crippen LogP contribution in [0.5, 0.6) is 0 Å². The van der Waals surface area contributed by atoms with Crippen molar-refractivity contribution >= 4 is 11.6 Å². The fraction of sp³-hybridized carbons (Fsp3) is 0.200. The number of benzene rings is 1. The molecule has 0 unspecified atom stereocenters. The molecule has 4 nitrogen and oxygen atoms in total. The van der Waals surface area contributed by atoms with Gasteiger partial charge < -0.3 is 5.73 Å². The summed E-state index contributed by atoms with van der Waals surface area (Å²) in [4.78, 5) is 4.21. The van der Waals surface area contributed by atoms with E-state index in [1.807, 2.05) is 0 Å². The molecule has 2 rings (SSSR count). The van der Waals surface area contributed by atoms with Crippen molar-refractivity contribution in [2.24, 2.45) is 5.73 Å². The Kier molecular flexibility index (Phi) is 3.17. The Bertz CT molecular complexity index is 497. The first kappa shape index (κ1) is 11.0. The number of halogens is 2. The Morgan fingerprint density at radius 2 is 2.25 bits per heavy atom. The summed E-state index contributed by atoms with van der Waals surface area (Å²) in [6.07, 6.45) is 0.617. The molecule has 0 aliphatic rings. The van der Waals surface area contributed by atoms with E-state index in [4.69, 9.17) is 17.3 Å². The highest BCUT2D eigenvalue weighted by atomic mass is 35.5. The zero-order valence-electron chi connectivity index (χ0n) is 8.37. The summed E-state index contributed by atoms with van der Waals surface area (Å²) in [6.45, 7) is 0.492. The molecule has 84 valence electrons. The monoisotopic (exact) mass is 240 g/mol. The SMILES string of the molecule is NCCc1nc(-c2ccc(F)cc2Cl)n[nH]1. The molecule has 0 saturated heterocycles. The van der Waals surface area contributed by atoms with E-state index in [1.165, 1.54) is 12.1 Å². The number of aromatic nitrogens is 3. The Morgan fingerprint density at radius 3 is 2.94 bits per heavy atom. The van der Waals surface area contributed by atoms with Gasteiger partial charge in [0.15, 0.2) is 5.82 Å². The van der Waals surface area contributed by atoms with E-state index >= 15 is 0 Å². The highest BCUT2D eigenvalue weighted by Crippen LogP contribution is 2.25. The van der Waals surface area contributed by atoms with Gasteiger partial charge in [-0.3, -0.25) is 5.10 Å². The fourth-order valence-electron chi connectivity index (χ4n) is 1.34. The second-order valence-corrected chi connectivity index (χ2v) is 3.68. The van der Waals surface area contributed by atoms with E-state index < -0.39 is 0 Å². The van der Waals surface area contributed by atoms with E-state index in [9.17, 15) is 4.39 Å². The minimum atomic E-state index is -0.383. The molecule has 3 N–H and O–H groups in total. The van der Waals surface area contributed by atoms with Crippen LogP contribution in [0.4, 0.5) is 4.39 Å². The van der Waals surface area contributed by atoms with E-state index in [0.29, 0.717) is 35.2 Å². The number of nitrogens with two attached hydrogens (primary N) is 1. The van der Waals surface area contributed by atoms with Gasteiger partial charge in [0.1, 0.15) is 11.6 Å². The van der Waals surface area contributed by atoms with Gasteiger partial charge in [-0.25, -0.2) is 9.37 Å². The maximum atomic E-state index is 12.8. The largest absolute Gasteiger partial charge is 0.330 e. The second kappa shape index (κ2) is 4.59. The van der Waals surface area contributed by atoms with Crippen LogP contribution in [-0.4, -0.2) is 21.7 Å². The van der Waals surface area contributed by atoms with Crippen LogP contribution in [0.2, 0.25) is 5.02 Å². The van der Waals surface area contributed by atoms with Gasteiger partial charge in [0, 0.05) is 12.0 Å². The van der Waals surface area contributed by atoms with Crippen molar-refractivity contribution in [3.63, 3.8) is 0 Å². The van der Waals surface area contributed by atoms with E-state index in [1.54, 1.807) is 6.07 Å². The summed E-state index contributed by atoms with van der Waals surface area (Å²) in [7, 11) is 0. The summed E-state index contributed by atoms with van der Waals surface area (Å²) in [6, 6.07) is 4.10. The number of H-pyrrole nitrogens is 1. The molecule has 0 aliphatic carbocycles. The van der Waals surface area contributed by atoms with Gasteiger partial charge in [-0.2, -0.15) is 5.10 Å². The molecule has 16 heavy (non-hydrogen) atoms. The zero-order chi connectivity index (χ0) is 11.5. The number of hydrogen-bond acceptors (Lipinski definition) is 3. The van der Waals surface area contributed by atoms with E-state index in [0.717, 1.165) is 0 Å². The van der Waals surface area contributed by atoms with Crippen LogP contribution in [0.1, 0.15) is 5.82 Å². The Morgan fingerprint density at radius 1 is 1.44 bits per heavy atom. The molecule has 0 amide bonds. The van der Waals surface area contributed by atoms with Crippen molar-refractivity contribution in [3.05, 3.63) is 34.9 Å². The summed E-state index contributed by atoms with van der Waals surface area (Å²) >= 11 is 5.89. The molecule has 0 spiro atoms. The molecule has 0 saturated carbocycles. The van der Waals surface area contributed by atoms with Crippen LogP contribution in [0.3, 0.4) is 0 Å². The van der Waals surface area contributed by atoms with Crippen molar-refractivity contribution < 1.29 is 4.39 Å². The van der Waals surface area contributed by atoms with Crippen LogP contribution in [0.15, 0.2) is 18.2 Å². The molecule has 0 aliphatic heterocycles. The van der Waals surface area contributed by atoms with Crippen molar-refractivity contribution in [1.82, 2.24) is 15.2 Å². The third-order valence-corrected chi connectivity index (χ3v) is 2.40. The standard InChI is InChI=1S/C10H10ClFN4/c11-8-5-6(12)1-2-7(8)10-14-9(3-4-13)15-16-10/h1-2,5H,3-4,13H2,(H,14,15,16). The van der Waals surface area contributed by atoms with Crippen molar-refractivity contribution in [1.29, 1.82) is 0 Å². The molecule has 0 fully saturated rings. The predicted octanol–water partition coefficient (Wildman–Crippen LogP) is 1.77. The lowest BCUT2D eigenvalue weighted by atomic mass is 10.2. The van der Waals surface area contributed by atoms with Gasteiger partial charge in [-0.05, 0) is 24.7 Å². The Hall–Kier alpha value is -1.46. The highest BCUT2D eigenvalue weighted by Gasteiger charge is 2.09. The quantitative estimate of drug-likeness (QED) is 0.859. The lowest BCUT2D eigenvalue weighted by Crippen LogP contribution is -2.03. The summed E-state index contributed by atoms with van der Waals surface area (Å²) in [5.41, 5.74) is 5.99. The number of nitrogens with one attached hydrogen (secondary N) is 1. The molecule has 6 heteroatoms. The zero-order valence-corrected chi connectivity index (χ0v) is 9.13. The molecule has 0 bridgehead atoms. The van der Waals surface area contributed by atoms with Crippen LogP contribution in [0, 0.1) is 5.82 Å². The molecule has 1 aromatic heterocycles. The third kappa shape index (κ3) is 2.20. The summed E-state index contributed by atoms with van der Waals surface area (Å²) in [5.74, 6) is 0.762. The average molecular weight is 241 g/mol. The topological polar surface area (TPSA) is 67.6 Å². The lowest BCUT2D eigenvalue weighted by molar-refractivity contribution is 0.628. The van der Waals surface area contributed by atoms with Crippen LogP contribution in [-0.2, 0) is 6.42 Å². The third-order valence-electron chi connectivity index (χ3n) is 2.08. The summed E-state index contributed by atoms with van der Waals surface area (Å²) < 4.78 is 12.8. The molecule has 1 heterocycles. The van der Waals surface area contributed by atoms with Gasteiger partial charge in [0.05, 0.1) is 5.02 Å². The molecule has 1 aromatic carbocycles. The molecular weight excluding hydrogens is 231 g/mol. The second-order valence-electron chi connectivity index (χ2n) is 3.27. The van der Waals surface area contributed by atoms with Gasteiger partial charge in [0.25, 0.3) is 0 Å². The van der Waals surface area contributed by atoms with E-state index in [-0.39, 0.29) is 5.82 Å². The van der Waals surface area contributed by atoms with Crippen LogP contribution in [0.25, 0.3) is 11.4 Å². The van der Waals surface area contributed by atoms with Gasteiger partial charge in [0.2, 0.25) is 0 Å². The van der Waals surface area contributed by atoms with Crippen molar-refractivity contribution in [3.8, 4) is 11.4 Å². The molecular formula is C10H10ClFN4. The predicted molar refractivity (Wildman–Crippen MR) is 59.5 cm³/mol. The van der Waals surface area contributed by atoms with Gasteiger partial charge in [-0.1, -0.05) is 11.6 Å². The lowest BCUT2D eigenvalue weighted by Gasteiger charge is -1.98. The Balaban J connectivity index is 2.35. The first-order valence-electron chi connectivity index (χ1n) is 4.77. The number of aromatic amines is 1. The van der Waals surface area contributed by atoms with Crippen LogP contribution < -0.4 is 5.73 Å². The first-order valence-corrected chi connectivity index (χ1v) is 5.15. The van der Waals surface area contributed by atoms with Crippen LogP contribution >= 0.6 is 11.6 Å². The maximum absolute atomic E-state index is 12.8. The highest BCUT2D eigenvalue weighted by molar-refractivity contribution is 6.33. The van der Waals surface area contributed by atoms with E-state index in [2.05, 4.69) is 15.2 Å². The van der Waals surface area contributed by atoms with Gasteiger partial charge in [-0.15, -0.1) is 0 Å². The number of nitrogens with zero attached hydrogens (tertiary/aromatic N) is 2. The van der Waals surface area contributed by atoms with Crippen molar-refractivity contribution in [2.45, 2.75) is 6.42 Å². The molecule has 2 aromatic rings. The fourth-order valence-corrected chi connectivity index (χ4v) is 1.59. The minimum absolute atomic E-state index is 0.290. The molecule has 0 atom stereocenters. The maximum Gasteiger partial charge on any atom is 0.182 e. The average Bonchev–Trinajstić information content (AvgIpc) is 2.67. The normalized spacial score (nSPS) is 10.7. The number of rotatable bonds is 3. The minimum Gasteiger partial charge on any atom is -0.330 e. The van der Waals surface area contributed by atoms with Gasteiger partial charge >= 0.3 is 0 Å². The summed E-state index contributed by atoms with van der Waals surface area (Å²) in [5, 5.41) is 7.04. The Labute approximate surface area is 96.6 Å². The smallest absolute Gasteiger partial charge is 0.182 e.